The summed E-state index contributed by atoms with van der Waals surface area (Å²) in [6.07, 6.45) is -21.1. The van der Waals surface area contributed by atoms with Gasteiger partial charge in [-0.2, -0.15) is 0 Å². The highest BCUT2D eigenvalue weighted by Crippen LogP contribution is 2.37. The van der Waals surface area contributed by atoms with Crippen molar-refractivity contribution >= 4 is 6.09 Å². The first-order valence-corrected chi connectivity index (χ1v) is 18.4. The molecule has 29 heteroatoms. The number of aliphatic hydroxyl groups excluding tert-OH is 5. The summed E-state index contributed by atoms with van der Waals surface area (Å²) in [5.41, 5.74) is 46.8. The smallest absolute Gasteiger partial charge is 0.407 e. The molecule has 1 aliphatic carbocycles. The molecule has 0 bridgehead atoms. The van der Waals surface area contributed by atoms with E-state index in [1.54, 1.807) is 0 Å². The number of alkyl carbamates (subject to hydrolysis) is 1. The van der Waals surface area contributed by atoms with Crippen LogP contribution in [-0.4, -0.2) is 155 Å². The van der Waals surface area contributed by atoms with Crippen molar-refractivity contribution < 1.29 is 63.5 Å². The standard InChI is InChI=1S/C31H42N16O13/c32-43-38-10-18-22(50)23(51)20(42-47-36)29(56-18)59-26-19(11-48)57-30(24(26)52)60-27-21(49)16(40-45-34)8-17(41-46-35)25(27)58-28-15(39-44-33)7-6-14(55-28)12-54-31(53)37-9-13-4-2-1-3-5-13/h1-5,14-30,48-52H,6-12H2,(H,37,53)/t14-,15+,16+,17-,18-,19+,20+,21-,22+,23+,24+,25+,26+,27+,28+,29+,30-/m0/s1. The van der Waals surface area contributed by atoms with Gasteiger partial charge in [0, 0.05) is 31.1 Å². The van der Waals surface area contributed by atoms with Gasteiger partial charge in [-0.15, -0.1) is 0 Å². The van der Waals surface area contributed by atoms with Crippen molar-refractivity contribution in [3.8, 4) is 0 Å². The monoisotopic (exact) mass is 846 g/mol. The van der Waals surface area contributed by atoms with Crippen LogP contribution < -0.4 is 5.32 Å². The van der Waals surface area contributed by atoms with Gasteiger partial charge in [0.25, 0.3) is 0 Å². The number of nitrogens with one attached hydrogen (secondary N) is 1. The molecule has 1 amide bonds. The Labute approximate surface area is 338 Å². The van der Waals surface area contributed by atoms with Gasteiger partial charge < -0.3 is 64.0 Å². The molecule has 17 atom stereocenters. The van der Waals surface area contributed by atoms with E-state index in [1.807, 2.05) is 30.3 Å². The van der Waals surface area contributed by atoms with Crippen LogP contribution in [0.1, 0.15) is 24.8 Å². The fourth-order valence-corrected chi connectivity index (χ4v) is 7.17. The number of benzene rings is 1. The lowest BCUT2D eigenvalue weighted by molar-refractivity contribution is -0.290. The van der Waals surface area contributed by atoms with Crippen LogP contribution in [0.15, 0.2) is 55.9 Å². The van der Waals surface area contributed by atoms with Crippen molar-refractivity contribution in [1.29, 1.82) is 0 Å². The quantitative estimate of drug-likeness (QED) is 0.0742. The highest BCUT2D eigenvalue weighted by atomic mass is 16.8. The fourth-order valence-electron chi connectivity index (χ4n) is 7.17. The number of azide groups is 5. The number of hydrogen-bond acceptors (Lipinski definition) is 18. The normalized spacial score (nSPS) is 37.4. The van der Waals surface area contributed by atoms with Crippen molar-refractivity contribution in [2.24, 2.45) is 25.6 Å². The third-order valence-corrected chi connectivity index (χ3v) is 10.1. The van der Waals surface area contributed by atoms with Gasteiger partial charge in [-0.3, -0.25) is 0 Å². The summed E-state index contributed by atoms with van der Waals surface area (Å²) < 4.78 is 41.0. The maximum Gasteiger partial charge on any atom is 0.407 e. The Hall–Kier alpha value is -5.40. The molecule has 6 N–H and O–H groups in total. The van der Waals surface area contributed by atoms with E-state index in [0.717, 1.165) is 5.56 Å². The van der Waals surface area contributed by atoms with Gasteiger partial charge in [0.2, 0.25) is 0 Å². The lowest BCUT2D eigenvalue weighted by Crippen LogP contribution is -2.60. The van der Waals surface area contributed by atoms with Crippen LogP contribution in [0.5, 0.6) is 0 Å². The molecule has 0 aromatic heterocycles. The van der Waals surface area contributed by atoms with Gasteiger partial charge in [0.15, 0.2) is 18.9 Å². The van der Waals surface area contributed by atoms with Crippen molar-refractivity contribution in [1.82, 2.24) is 5.32 Å². The maximum atomic E-state index is 12.5. The van der Waals surface area contributed by atoms with Gasteiger partial charge in [-0.25, -0.2) is 4.79 Å². The molecule has 1 aromatic carbocycles. The molecular weight excluding hydrogens is 804 g/mol. The first-order chi connectivity index (χ1) is 29.1. The Morgan fingerprint density at radius 3 is 2.03 bits per heavy atom. The maximum absolute atomic E-state index is 12.5. The molecule has 1 aromatic rings. The van der Waals surface area contributed by atoms with Crippen LogP contribution in [0.25, 0.3) is 52.2 Å². The van der Waals surface area contributed by atoms with Crippen LogP contribution in [0.2, 0.25) is 0 Å². The SMILES string of the molecule is [N-]=[N+]=NC[C@@H]1O[C@H](O[C@H]2[C@@H](O)[C@H](O[C@@H]3[C@@H](O)[C@H](N=[N+]=[N-])C[C@H](N=[N+]=[N-])[C@H]3O[C@H]3O[C@H](COC(=O)NCc4ccccc4)CC[C@H]3N=[N+]=[N-])O[C@@H]2CO)[C@H](N=[N+]=[N-])[C@@H](O)[C@@H]1O. The number of amides is 1. The molecule has 324 valence electrons. The minimum Gasteiger partial charge on any atom is -0.447 e. The second-order valence-corrected chi connectivity index (χ2v) is 13.8. The predicted octanol–water partition coefficient (Wildman–Crippen LogP) is 1.89. The van der Waals surface area contributed by atoms with Crippen LogP contribution in [-0.2, 0) is 39.7 Å². The summed E-state index contributed by atoms with van der Waals surface area (Å²) in [5, 5.41) is 75.0. The zero-order valence-corrected chi connectivity index (χ0v) is 31.4. The number of aliphatic hydroxyl groups is 5. The molecule has 60 heavy (non-hydrogen) atoms. The molecule has 4 aliphatic rings. The van der Waals surface area contributed by atoms with Gasteiger partial charge in [0.05, 0.1) is 61.8 Å². The average molecular weight is 847 g/mol. The largest absolute Gasteiger partial charge is 0.447 e. The summed E-state index contributed by atoms with van der Waals surface area (Å²) in [6.45, 7) is -1.38. The van der Waals surface area contributed by atoms with E-state index >= 15 is 0 Å². The molecule has 1 saturated carbocycles. The molecule has 5 rings (SSSR count). The number of carbonyl (C=O) groups is 1. The molecule has 0 unspecified atom stereocenters. The zero-order chi connectivity index (χ0) is 43.2. The van der Waals surface area contributed by atoms with Crippen LogP contribution >= 0.6 is 0 Å². The number of carbonyl (C=O) groups excluding carboxylic acids is 1. The second-order valence-electron chi connectivity index (χ2n) is 13.8. The van der Waals surface area contributed by atoms with Gasteiger partial charge in [0.1, 0.15) is 43.2 Å². The Balaban J connectivity index is 1.35. The van der Waals surface area contributed by atoms with Crippen molar-refractivity contribution in [3.63, 3.8) is 0 Å². The minimum absolute atomic E-state index is 0.167. The van der Waals surface area contributed by atoms with Crippen LogP contribution in [0, 0.1) is 0 Å². The van der Waals surface area contributed by atoms with Crippen molar-refractivity contribution in [3.05, 3.63) is 88.1 Å². The first kappa shape index (κ1) is 45.7. The van der Waals surface area contributed by atoms with E-state index in [9.17, 15) is 46.9 Å². The topological polar surface area (TPSA) is 439 Å². The highest BCUT2D eigenvalue weighted by molar-refractivity contribution is 5.67. The zero-order valence-electron chi connectivity index (χ0n) is 31.4. The summed E-state index contributed by atoms with van der Waals surface area (Å²) in [6, 6.07) is 3.89. The van der Waals surface area contributed by atoms with Crippen molar-refractivity contribution in [2.45, 2.75) is 130 Å². The molecule has 4 fully saturated rings. The minimum atomic E-state index is -1.88. The third-order valence-electron chi connectivity index (χ3n) is 10.1. The summed E-state index contributed by atoms with van der Waals surface area (Å²) in [5.74, 6) is 0. The van der Waals surface area contributed by atoms with Gasteiger partial charge >= 0.3 is 6.09 Å². The lowest BCUT2D eigenvalue weighted by Gasteiger charge is -2.45. The lowest BCUT2D eigenvalue weighted by atomic mass is 9.84. The molecule has 3 heterocycles. The van der Waals surface area contributed by atoms with Crippen LogP contribution in [0.3, 0.4) is 0 Å². The van der Waals surface area contributed by atoms with E-state index < -0.39 is 123 Å². The number of nitrogens with zero attached hydrogens (tertiary/aromatic N) is 15. The fraction of sp³-hybridized carbons (Fsp3) is 0.774. The highest BCUT2D eigenvalue weighted by Gasteiger charge is 2.54. The number of hydrogen-bond donors (Lipinski definition) is 6. The first-order valence-electron chi connectivity index (χ1n) is 18.4. The second kappa shape index (κ2) is 22.3. The number of rotatable bonds is 17. The Morgan fingerprint density at radius 2 is 1.35 bits per heavy atom. The van der Waals surface area contributed by atoms with E-state index in [2.05, 4.69) is 55.4 Å². The van der Waals surface area contributed by atoms with Gasteiger partial charge in [-0.1, -0.05) is 55.9 Å². The summed E-state index contributed by atoms with van der Waals surface area (Å²) in [7, 11) is 0. The van der Waals surface area contributed by atoms with E-state index in [4.69, 9.17) is 44.2 Å². The molecule has 0 spiro atoms. The predicted molar refractivity (Wildman–Crippen MR) is 196 cm³/mol. The van der Waals surface area contributed by atoms with E-state index in [1.165, 1.54) is 0 Å². The number of ether oxygens (including phenoxy) is 7. The Morgan fingerprint density at radius 1 is 0.700 bits per heavy atom. The summed E-state index contributed by atoms with van der Waals surface area (Å²) in [4.78, 5) is 26.2. The average Bonchev–Trinajstić information content (AvgIpc) is 3.55. The Kier molecular flexibility index (Phi) is 17.0. The third kappa shape index (κ3) is 11.2. The molecule has 3 aliphatic heterocycles. The van der Waals surface area contributed by atoms with Crippen LogP contribution in [0.4, 0.5) is 4.79 Å². The molecule has 29 nitrogen and oxygen atoms in total. The Bertz CT molecular complexity index is 1840. The van der Waals surface area contributed by atoms with E-state index in [0.29, 0.717) is 0 Å². The molecule has 0 radical (unpaired) electrons. The molecular formula is C31H42N16O13. The van der Waals surface area contributed by atoms with Crippen molar-refractivity contribution in [2.75, 3.05) is 19.8 Å². The molecule has 3 saturated heterocycles. The van der Waals surface area contributed by atoms with Gasteiger partial charge in [-0.05, 0) is 52.5 Å². The summed E-state index contributed by atoms with van der Waals surface area (Å²) >= 11 is 0. The van der Waals surface area contributed by atoms with E-state index in [-0.39, 0.29) is 32.4 Å².